The Bertz CT molecular complexity index is 190. The highest BCUT2D eigenvalue weighted by Crippen LogP contribution is 1.93. The van der Waals surface area contributed by atoms with Gasteiger partial charge in [-0.05, 0) is 13.8 Å². The topological polar surface area (TPSA) is 47.6 Å². The van der Waals surface area contributed by atoms with E-state index in [1.807, 2.05) is 6.92 Å². The molecule has 0 radical (unpaired) electrons. The van der Waals surface area contributed by atoms with Crippen LogP contribution in [0.1, 0.15) is 13.8 Å². The molecule has 1 N–H and O–H groups in total. The molecule has 4 nitrogen and oxygen atoms in total. The Hall–Kier alpha value is -0.870. The van der Waals surface area contributed by atoms with Crippen molar-refractivity contribution in [3.05, 3.63) is 11.6 Å². The van der Waals surface area contributed by atoms with Crippen molar-refractivity contribution >= 4 is 5.97 Å². The van der Waals surface area contributed by atoms with Crippen LogP contribution < -0.4 is 5.32 Å². The lowest BCUT2D eigenvalue weighted by molar-refractivity contribution is -0.136. The van der Waals surface area contributed by atoms with Crippen LogP contribution in [0.5, 0.6) is 0 Å². The molecular weight excluding hydrogens is 182 g/mol. The van der Waals surface area contributed by atoms with Gasteiger partial charge in [-0.2, -0.15) is 0 Å². The van der Waals surface area contributed by atoms with Crippen molar-refractivity contribution in [2.75, 3.05) is 33.4 Å². The van der Waals surface area contributed by atoms with Crippen LogP contribution in [0.25, 0.3) is 0 Å². The minimum atomic E-state index is -0.281. The van der Waals surface area contributed by atoms with Gasteiger partial charge in [-0.15, -0.1) is 0 Å². The molecule has 0 aromatic carbocycles. The molecule has 0 atom stereocenters. The number of carbonyl (C=O) groups excluding carboxylic acids is 1. The van der Waals surface area contributed by atoms with E-state index in [9.17, 15) is 4.79 Å². The first-order chi connectivity index (χ1) is 6.72. The summed E-state index contributed by atoms with van der Waals surface area (Å²) < 4.78 is 9.68. The Labute approximate surface area is 85.3 Å². The standard InChI is InChI=1S/C10H19NO3/c1-4-14-8-7-11-6-5-9(2)10(12)13-3/h5,11H,4,6-8H2,1-3H3/b9-5-. The van der Waals surface area contributed by atoms with E-state index < -0.39 is 0 Å². The van der Waals surface area contributed by atoms with E-state index in [-0.39, 0.29) is 5.97 Å². The van der Waals surface area contributed by atoms with Crippen molar-refractivity contribution in [2.24, 2.45) is 0 Å². The summed E-state index contributed by atoms with van der Waals surface area (Å²) in [6.45, 7) is 6.57. The Kier molecular flexibility index (Phi) is 8.17. The summed E-state index contributed by atoms with van der Waals surface area (Å²) in [6.07, 6.45) is 1.80. The highest BCUT2D eigenvalue weighted by atomic mass is 16.5. The first kappa shape index (κ1) is 13.1. The lowest BCUT2D eigenvalue weighted by Gasteiger charge is -2.02. The number of hydrogen-bond acceptors (Lipinski definition) is 4. The number of nitrogens with one attached hydrogen (secondary N) is 1. The fourth-order valence-electron chi connectivity index (χ4n) is 0.860. The first-order valence-corrected chi connectivity index (χ1v) is 4.75. The molecule has 0 amide bonds. The van der Waals surface area contributed by atoms with Gasteiger partial charge in [0.1, 0.15) is 0 Å². The molecule has 0 aliphatic carbocycles. The Morgan fingerprint density at radius 1 is 1.50 bits per heavy atom. The Morgan fingerprint density at radius 3 is 2.79 bits per heavy atom. The lowest BCUT2D eigenvalue weighted by Crippen LogP contribution is -2.20. The zero-order chi connectivity index (χ0) is 10.8. The maximum Gasteiger partial charge on any atom is 0.333 e. The third-order valence-electron chi connectivity index (χ3n) is 1.69. The second kappa shape index (κ2) is 8.72. The number of carbonyl (C=O) groups is 1. The van der Waals surface area contributed by atoms with Gasteiger partial charge in [0.25, 0.3) is 0 Å². The minimum Gasteiger partial charge on any atom is -0.466 e. The fraction of sp³-hybridized carbons (Fsp3) is 0.700. The minimum absolute atomic E-state index is 0.281. The van der Waals surface area contributed by atoms with Gasteiger partial charge in [-0.3, -0.25) is 0 Å². The molecule has 82 valence electrons. The van der Waals surface area contributed by atoms with E-state index in [0.29, 0.717) is 18.7 Å². The van der Waals surface area contributed by atoms with E-state index in [4.69, 9.17) is 4.74 Å². The molecule has 4 heteroatoms. The number of ether oxygens (including phenoxy) is 2. The number of methoxy groups -OCH3 is 1. The molecule has 0 heterocycles. The SMILES string of the molecule is CCOCCNC/C=C(/C)C(=O)OC. The molecule has 0 unspecified atom stereocenters. The second-order valence-corrected chi connectivity index (χ2v) is 2.78. The van der Waals surface area contributed by atoms with Crippen LogP contribution >= 0.6 is 0 Å². The monoisotopic (exact) mass is 201 g/mol. The predicted molar refractivity (Wildman–Crippen MR) is 55.1 cm³/mol. The van der Waals surface area contributed by atoms with Gasteiger partial charge in [-0.25, -0.2) is 4.79 Å². The highest BCUT2D eigenvalue weighted by molar-refractivity contribution is 5.87. The van der Waals surface area contributed by atoms with Gasteiger partial charge in [0.2, 0.25) is 0 Å². The van der Waals surface area contributed by atoms with Crippen LogP contribution in [0.2, 0.25) is 0 Å². The number of esters is 1. The summed E-state index contributed by atoms with van der Waals surface area (Å²) in [5.41, 5.74) is 0.622. The summed E-state index contributed by atoms with van der Waals surface area (Å²) in [4.78, 5) is 10.9. The molecule has 0 aromatic rings. The van der Waals surface area contributed by atoms with E-state index in [2.05, 4.69) is 10.1 Å². The van der Waals surface area contributed by atoms with E-state index >= 15 is 0 Å². The Balaban J connectivity index is 3.46. The number of rotatable bonds is 7. The molecular formula is C10H19NO3. The van der Waals surface area contributed by atoms with Crippen LogP contribution in [0.4, 0.5) is 0 Å². The summed E-state index contributed by atoms with van der Waals surface area (Å²) in [7, 11) is 1.38. The molecule has 0 rings (SSSR count). The van der Waals surface area contributed by atoms with Crippen LogP contribution in [0.15, 0.2) is 11.6 Å². The maximum absolute atomic E-state index is 10.9. The molecule has 0 aromatic heterocycles. The molecule has 0 fully saturated rings. The predicted octanol–water partition coefficient (Wildman–Crippen LogP) is 0.732. The van der Waals surface area contributed by atoms with Gasteiger partial charge >= 0.3 is 5.97 Å². The normalized spacial score (nSPS) is 11.5. The van der Waals surface area contributed by atoms with E-state index in [1.165, 1.54) is 7.11 Å². The average Bonchev–Trinajstić information content (AvgIpc) is 2.21. The smallest absolute Gasteiger partial charge is 0.333 e. The van der Waals surface area contributed by atoms with Crippen molar-refractivity contribution in [3.63, 3.8) is 0 Å². The summed E-state index contributed by atoms with van der Waals surface area (Å²) in [5.74, 6) is -0.281. The molecule has 0 bridgehead atoms. The second-order valence-electron chi connectivity index (χ2n) is 2.78. The third-order valence-corrected chi connectivity index (χ3v) is 1.69. The van der Waals surface area contributed by atoms with Crippen LogP contribution in [-0.2, 0) is 14.3 Å². The zero-order valence-corrected chi connectivity index (χ0v) is 9.13. The van der Waals surface area contributed by atoms with Gasteiger partial charge in [0.15, 0.2) is 0 Å². The maximum atomic E-state index is 10.9. The van der Waals surface area contributed by atoms with Crippen molar-refractivity contribution < 1.29 is 14.3 Å². The zero-order valence-electron chi connectivity index (χ0n) is 9.13. The molecule has 14 heavy (non-hydrogen) atoms. The van der Waals surface area contributed by atoms with Crippen LogP contribution in [-0.4, -0.2) is 39.4 Å². The molecule has 0 saturated heterocycles. The lowest BCUT2D eigenvalue weighted by atomic mass is 10.3. The average molecular weight is 201 g/mol. The molecule has 0 saturated carbocycles. The molecule has 0 spiro atoms. The molecule has 0 aliphatic heterocycles. The largest absolute Gasteiger partial charge is 0.466 e. The van der Waals surface area contributed by atoms with Gasteiger partial charge in [0, 0.05) is 25.3 Å². The first-order valence-electron chi connectivity index (χ1n) is 4.75. The fourth-order valence-corrected chi connectivity index (χ4v) is 0.860. The molecule has 0 aliphatic rings. The van der Waals surface area contributed by atoms with Crippen molar-refractivity contribution in [2.45, 2.75) is 13.8 Å². The highest BCUT2D eigenvalue weighted by Gasteiger charge is 2.00. The van der Waals surface area contributed by atoms with Gasteiger partial charge < -0.3 is 14.8 Å². The van der Waals surface area contributed by atoms with Gasteiger partial charge in [0.05, 0.1) is 13.7 Å². The Morgan fingerprint density at radius 2 is 2.21 bits per heavy atom. The van der Waals surface area contributed by atoms with Crippen LogP contribution in [0, 0.1) is 0 Å². The van der Waals surface area contributed by atoms with Crippen molar-refractivity contribution in [1.29, 1.82) is 0 Å². The van der Waals surface area contributed by atoms with Crippen LogP contribution in [0.3, 0.4) is 0 Å². The van der Waals surface area contributed by atoms with E-state index in [0.717, 1.165) is 13.2 Å². The summed E-state index contributed by atoms with van der Waals surface area (Å²) in [6, 6.07) is 0. The third kappa shape index (κ3) is 6.62. The van der Waals surface area contributed by atoms with E-state index in [1.54, 1.807) is 13.0 Å². The van der Waals surface area contributed by atoms with Gasteiger partial charge in [-0.1, -0.05) is 6.08 Å². The van der Waals surface area contributed by atoms with Crippen molar-refractivity contribution in [3.8, 4) is 0 Å². The summed E-state index contributed by atoms with van der Waals surface area (Å²) >= 11 is 0. The van der Waals surface area contributed by atoms with Crippen molar-refractivity contribution in [1.82, 2.24) is 5.32 Å². The summed E-state index contributed by atoms with van der Waals surface area (Å²) in [5, 5.41) is 3.12. The number of hydrogen-bond donors (Lipinski definition) is 1. The quantitative estimate of drug-likeness (QED) is 0.375.